The number of halogens is 1. The summed E-state index contributed by atoms with van der Waals surface area (Å²) in [5.74, 6) is -0.401. The molecule has 0 aliphatic rings. The van der Waals surface area contributed by atoms with Gasteiger partial charge in [-0.15, -0.1) is 0 Å². The highest BCUT2D eigenvalue weighted by atomic mass is 19.1. The minimum absolute atomic E-state index is 0.193. The molecule has 1 N–H and O–H groups in total. The molecule has 4 nitrogen and oxygen atoms in total. The SMILES string of the molecule is Oc1oc(-c2ccccc2)nc1C=Nc1cccc(F)c1. The number of aliphatic imine (C=N–C) groups is 1. The van der Waals surface area contributed by atoms with Gasteiger partial charge in [0.25, 0.3) is 0 Å². The quantitative estimate of drug-likeness (QED) is 0.740. The third-order valence-corrected chi connectivity index (χ3v) is 2.80. The van der Waals surface area contributed by atoms with Crippen molar-refractivity contribution in [1.29, 1.82) is 0 Å². The van der Waals surface area contributed by atoms with Gasteiger partial charge in [-0.3, -0.25) is 4.99 Å². The van der Waals surface area contributed by atoms with Crippen LogP contribution < -0.4 is 0 Å². The first-order chi connectivity index (χ1) is 10.2. The van der Waals surface area contributed by atoms with Gasteiger partial charge in [0.1, 0.15) is 5.82 Å². The molecule has 1 heterocycles. The van der Waals surface area contributed by atoms with Crippen molar-refractivity contribution < 1.29 is 13.9 Å². The van der Waals surface area contributed by atoms with Gasteiger partial charge in [-0.2, -0.15) is 0 Å². The molecular formula is C16H11FN2O2. The number of aromatic nitrogens is 1. The Labute approximate surface area is 120 Å². The van der Waals surface area contributed by atoms with E-state index in [1.165, 1.54) is 18.3 Å². The van der Waals surface area contributed by atoms with Crippen LogP contribution in [0, 0.1) is 5.82 Å². The van der Waals surface area contributed by atoms with Crippen LogP contribution in [-0.2, 0) is 0 Å². The van der Waals surface area contributed by atoms with Crippen molar-refractivity contribution >= 4 is 11.9 Å². The molecule has 3 aromatic rings. The van der Waals surface area contributed by atoms with Crippen LogP contribution in [0.5, 0.6) is 5.95 Å². The third kappa shape index (κ3) is 2.97. The predicted molar refractivity (Wildman–Crippen MR) is 77.3 cm³/mol. The maximum absolute atomic E-state index is 13.0. The smallest absolute Gasteiger partial charge is 0.312 e. The fourth-order valence-electron chi connectivity index (χ4n) is 1.80. The van der Waals surface area contributed by atoms with Gasteiger partial charge < -0.3 is 9.52 Å². The van der Waals surface area contributed by atoms with Crippen LogP contribution in [0.2, 0.25) is 0 Å². The van der Waals surface area contributed by atoms with Crippen molar-refractivity contribution in [2.75, 3.05) is 0 Å². The van der Waals surface area contributed by atoms with E-state index in [9.17, 15) is 9.50 Å². The van der Waals surface area contributed by atoms with Gasteiger partial charge in [-0.05, 0) is 30.3 Å². The van der Waals surface area contributed by atoms with Crippen LogP contribution in [0.1, 0.15) is 5.69 Å². The predicted octanol–water partition coefficient (Wildman–Crippen LogP) is 3.94. The van der Waals surface area contributed by atoms with E-state index in [1.807, 2.05) is 30.3 Å². The Morgan fingerprint density at radius 3 is 2.67 bits per heavy atom. The van der Waals surface area contributed by atoms with E-state index < -0.39 is 0 Å². The van der Waals surface area contributed by atoms with Crippen LogP contribution in [0.15, 0.2) is 64.0 Å². The second kappa shape index (κ2) is 5.58. The topological polar surface area (TPSA) is 58.6 Å². The Balaban J connectivity index is 1.88. The number of oxazole rings is 1. The lowest BCUT2D eigenvalue weighted by molar-refractivity contribution is 0.337. The molecular weight excluding hydrogens is 271 g/mol. The number of rotatable bonds is 3. The number of hydrogen-bond acceptors (Lipinski definition) is 4. The molecule has 1 aromatic heterocycles. The summed E-state index contributed by atoms with van der Waals surface area (Å²) in [7, 11) is 0. The standard InChI is InChI=1S/C16H11FN2O2/c17-12-7-4-8-13(9-12)18-10-14-16(20)21-15(19-14)11-5-2-1-3-6-11/h1-10,20H. The van der Waals surface area contributed by atoms with Crippen molar-refractivity contribution in [3.05, 3.63) is 66.1 Å². The van der Waals surface area contributed by atoms with Crippen molar-refractivity contribution in [1.82, 2.24) is 4.98 Å². The van der Waals surface area contributed by atoms with Crippen LogP contribution in [0.25, 0.3) is 11.5 Å². The molecule has 2 aromatic carbocycles. The lowest BCUT2D eigenvalue weighted by atomic mass is 10.2. The molecule has 0 spiro atoms. The number of nitrogens with zero attached hydrogens (tertiary/aromatic N) is 2. The molecule has 0 fully saturated rings. The van der Waals surface area contributed by atoms with Crippen molar-refractivity contribution in [2.45, 2.75) is 0 Å². The molecule has 0 atom stereocenters. The van der Waals surface area contributed by atoms with Crippen molar-refractivity contribution in [3.63, 3.8) is 0 Å². The largest absolute Gasteiger partial charge is 0.479 e. The van der Waals surface area contributed by atoms with Crippen LogP contribution >= 0.6 is 0 Å². The average Bonchev–Trinajstić information content (AvgIpc) is 2.87. The molecule has 0 amide bonds. The Morgan fingerprint density at radius 1 is 1.10 bits per heavy atom. The zero-order valence-electron chi connectivity index (χ0n) is 10.9. The van der Waals surface area contributed by atoms with Gasteiger partial charge in [-0.25, -0.2) is 9.37 Å². The monoisotopic (exact) mass is 282 g/mol. The van der Waals surface area contributed by atoms with E-state index in [0.29, 0.717) is 11.6 Å². The fraction of sp³-hybridized carbons (Fsp3) is 0. The van der Waals surface area contributed by atoms with Crippen LogP contribution in [0.4, 0.5) is 10.1 Å². The van der Waals surface area contributed by atoms with Crippen LogP contribution in [-0.4, -0.2) is 16.3 Å². The first kappa shape index (κ1) is 13.1. The summed E-state index contributed by atoms with van der Waals surface area (Å²) >= 11 is 0. The van der Waals surface area contributed by atoms with Crippen molar-refractivity contribution in [3.8, 4) is 17.4 Å². The summed E-state index contributed by atoms with van der Waals surface area (Å²) in [6.07, 6.45) is 1.33. The van der Waals surface area contributed by atoms with E-state index in [-0.39, 0.29) is 17.5 Å². The normalized spacial score (nSPS) is 11.1. The van der Waals surface area contributed by atoms with E-state index in [0.717, 1.165) is 5.56 Å². The maximum atomic E-state index is 13.0. The highest BCUT2D eigenvalue weighted by molar-refractivity contribution is 5.82. The van der Waals surface area contributed by atoms with Gasteiger partial charge in [-0.1, -0.05) is 24.3 Å². The highest BCUT2D eigenvalue weighted by Crippen LogP contribution is 2.25. The molecule has 0 unspecified atom stereocenters. The second-order valence-electron chi connectivity index (χ2n) is 4.31. The molecule has 0 aliphatic carbocycles. The molecule has 104 valence electrons. The van der Waals surface area contributed by atoms with Gasteiger partial charge in [0.15, 0.2) is 5.69 Å². The fourth-order valence-corrected chi connectivity index (χ4v) is 1.80. The molecule has 0 radical (unpaired) electrons. The van der Waals surface area contributed by atoms with E-state index >= 15 is 0 Å². The lowest BCUT2D eigenvalue weighted by Gasteiger charge is -1.92. The second-order valence-corrected chi connectivity index (χ2v) is 4.31. The Hall–Kier alpha value is -2.95. The lowest BCUT2D eigenvalue weighted by Crippen LogP contribution is -1.82. The van der Waals surface area contributed by atoms with E-state index in [1.54, 1.807) is 12.1 Å². The molecule has 5 heteroatoms. The van der Waals surface area contributed by atoms with Gasteiger partial charge in [0.05, 0.1) is 11.9 Å². The summed E-state index contributed by atoms with van der Waals surface area (Å²) < 4.78 is 18.2. The Bertz CT molecular complexity index is 782. The Morgan fingerprint density at radius 2 is 1.90 bits per heavy atom. The summed E-state index contributed by atoms with van der Waals surface area (Å²) in [6.45, 7) is 0. The summed E-state index contributed by atoms with van der Waals surface area (Å²) in [5.41, 5.74) is 1.37. The summed E-state index contributed by atoms with van der Waals surface area (Å²) in [5, 5.41) is 9.73. The van der Waals surface area contributed by atoms with Crippen LogP contribution in [0.3, 0.4) is 0 Å². The molecule has 21 heavy (non-hydrogen) atoms. The first-order valence-electron chi connectivity index (χ1n) is 6.27. The number of benzene rings is 2. The van der Waals surface area contributed by atoms with Gasteiger partial charge >= 0.3 is 5.95 Å². The molecule has 3 rings (SSSR count). The Kier molecular flexibility index (Phi) is 3.47. The first-order valence-corrected chi connectivity index (χ1v) is 6.27. The molecule has 0 aliphatic heterocycles. The van der Waals surface area contributed by atoms with Crippen molar-refractivity contribution in [2.24, 2.45) is 4.99 Å². The minimum Gasteiger partial charge on any atom is -0.479 e. The average molecular weight is 282 g/mol. The highest BCUT2D eigenvalue weighted by Gasteiger charge is 2.11. The zero-order chi connectivity index (χ0) is 14.7. The summed E-state index contributed by atoms with van der Waals surface area (Å²) in [6, 6.07) is 15.0. The zero-order valence-corrected chi connectivity index (χ0v) is 10.9. The van der Waals surface area contributed by atoms with E-state index in [4.69, 9.17) is 4.42 Å². The minimum atomic E-state index is -0.376. The third-order valence-electron chi connectivity index (χ3n) is 2.80. The summed E-state index contributed by atoms with van der Waals surface area (Å²) in [4.78, 5) is 8.22. The number of aromatic hydroxyl groups is 1. The maximum Gasteiger partial charge on any atom is 0.312 e. The van der Waals surface area contributed by atoms with E-state index in [2.05, 4.69) is 9.98 Å². The molecule has 0 saturated carbocycles. The molecule has 0 saturated heterocycles. The molecule has 0 bridgehead atoms. The van der Waals surface area contributed by atoms with Gasteiger partial charge in [0.2, 0.25) is 5.89 Å². The number of hydrogen-bond donors (Lipinski definition) is 1. The van der Waals surface area contributed by atoms with Gasteiger partial charge in [0, 0.05) is 5.56 Å².